The Morgan fingerprint density at radius 2 is 1.69 bits per heavy atom. The number of anilines is 6. The molecule has 10 nitrogen and oxygen atoms in total. The number of likely N-dealkylation sites (N-methyl/N-ethyl adjacent to an activating group) is 2. The van der Waals surface area contributed by atoms with E-state index in [4.69, 9.17) is 4.74 Å². The highest BCUT2D eigenvalue weighted by atomic mass is 16.5. The van der Waals surface area contributed by atoms with Crippen molar-refractivity contribution in [2.75, 3.05) is 60.7 Å². The van der Waals surface area contributed by atoms with Gasteiger partial charge in [-0.2, -0.15) is 4.98 Å². The zero-order valence-corrected chi connectivity index (χ0v) is 21.4. The lowest BCUT2D eigenvalue weighted by Crippen LogP contribution is -2.50. The number of aryl methyl sites for hydroxylation is 1. The van der Waals surface area contributed by atoms with E-state index in [1.165, 1.54) is 0 Å². The molecule has 2 N–H and O–H groups in total. The van der Waals surface area contributed by atoms with Crippen LogP contribution >= 0.6 is 0 Å². The summed E-state index contributed by atoms with van der Waals surface area (Å²) in [6, 6.07) is 9.68. The molecule has 2 aliphatic rings. The van der Waals surface area contributed by atoms with Crippen LogP contribution in [-0.2, 0) is 4.79 Å². The first-order chi connectivity index (χ1) is 17.2. The molecule has 1 saturated heterocycles. The normalized spacial score (nSPS) is 17.4. The third kappa shape index (κ3) is 4.76. The van der Waals surface area contributed by atoms with E-state index in [2.05, 4.69) is 42.4 Å². The van der Waals surface area contributed by atoms with Gasteiger partial charge < -0.3 is 30.1 Å². The molecule has 0 bridgehead atoms. The van der Waals surface area contributed by atoms with Crippen molar-refractivity contribution in [3.05, 3.63) is 48.3 Å². The summed E-state index contributed by atoms with van der Waals surface area (Å²) in [4.78, 5) is 32.6. The standard InChI is InChI=1S/C26H32N8O2/c1-17-15-28-25(30-19-7-9-22(27-16-19)34-12-10-32(4)11-13-34)31-23(17)29-18-6-8-21-20(14-18)33(5)24(35)26(2,3)36-21/h6-9,14-16H,10-13H2,1-5H3,(H2,28,29,30,31). The summed E-state index contributed by atoms with van der Waals surface area (Å²) < 4.78 is 5.90. The largest absolute Gasteiger partial charge is 0.476 e. The van der Waals surface area contributed by atoms with Gasteiger partial charge in [0.25, 0.3) is 5.91 Å². The van der Waals surface area contributed by atoms with Gasteiger partial charge in [-0.15, -0.1) is 0 Å². The number of pyridine rings is 1. The molecule has 0 aliphatic carbocycles. The van der Waals surface area contributed by atoms with Gasteiger partial charge in [0, 0.05) is 50.7 Å². The molecule has 1 amide bonds. The Kier molecular flexibility index (Phi) is 6.13. The van der Waals surface area contributed by atoms with E-state index in [0.29, 0.717) is 23.2 Å². The predicted molar refractivity (Wildman–Crippen MR) is 142 cm³/mol. The average Bonchev–Trinajstić information content (AvgIpc) is 2.86. The average molecular weight is 489 g/mol. The molecular formula is C26H32N8O2. The van der Waals surface area contributed by atoms with Crippen molar-refractivity contribution in [1.29, 1.82) is 0 Å². The lowest BCUT2D eigenvalue weighted by Gasteiger charge is -2.37. The molecule has 0 spiro atoms. The number of ether oxygens (including phenoxy) is 1. The molecule has 0 atom stereocenters. The highest BCUT2D eigenvalue weighted by Crippen LogP contribution is 2.39. The van der Waals surface area contributed by atoms with E-state index in [-0.39, 0.29) is 5.91 Å². The molecule has 1 aromatic carbocycles. The molecule has 3 aromatic rings. The van der Waals surface area contributed by atoms with Crippen molar-refractivity contribution in [1.82, 2.24) is 19.9 Å². The fraction of sp³-hybridized carbons (Fsp3) is 0.385. The molecule has 188 valence electrons. The second-order valence-electron chi connectivity index (χ2n) is 9.83. The van der Waals surface area contributed by atoms with Crippen molar-refractivity contribution < 1.29 is 9.53 Å². The van der Waals surface area contributed by atoms with Gasteiger partial charge in [-0.05, 0) is 58.2 Å². The molecule has 0 radical (unpaired) electrons. The third-order valence-electron chi connectivity index (χ3n) is 6.57. The summed E-state index contributed by atoms with van der Waals surface area (Å²) in [7, 11) is 3.90. The highest BCUT2D eigenvalue weighted by molar-refractivity contribution is 6.02. The number of carbonyl (C=O) groups is 1. The summed E-state index contributed by atoms with van der Waals surface area (Å²) >= 11 is 0. The number of fused-ring (bicyclic) bond motifs is 1. The van der Waals surface area contributed by atoms with E-state index >= 15 is 0 Å². The van der Waals surface area contributed by atoms with E-state index in [0.717, 1.165) is 48.9 Å². The van der Waals surface area contributed by atoms with Crippen molar-refractivity contribution in [3.63, 3.8) is 0 Å². The Morgan fingerprint density at radius 3 is 2.42 bits per heavy atom. The van der Waals surface area contributed by atoms with Crippen molar-refractivity contribution in [2.24, 2.45) is 0 Å². The van der Waals surface area contributed by atoms with Gasteiger partial charge in [-0.3, -0.25) is 4.79 Å². The Balaban J connectivity index is 1.30. The number of aromatic nitrogens is 3. The number of nitrogens with one attached hydrogen (secondary N) is 2. The molecule has 2 aliphatic heterocycles. The maximum absolute atomic E-state index is 12.6. The minimum atomic E-state index is -0.891. The van der Waals surface area contributed by atoms with Crippen LogP contribution in [-0.4, -0.2) is 71.6 Å². The van der Waals surface area contributed by atoms with Gasteiger partial charge in [0.05, 0.1) is 17.6 Å². The molecule has 0 saturated carbocycles. The number of piperazine rings is 1. The first-order valence-corrected chi connectivity index (χ1v) is 12.1. The number of nitrogens with zero attached hydrogens (tertiary/aromatic N) is 6. The fourth-order valence-electron chi connectivity index (χ4n) is 4.35. The maximum Gasteiger partial charge on any atom is 0.270 e. The Bertz CT molecular complexity index is 1270. The van der Waals surface area contributed by atoms with Crippen LogP contribution in [0.2, 0.25) is 0 Å². The van der Waals surface area contributed by atoms with Crippen molar-refractivity contribution >= 4 is 40.6 Å². The molecule has 36 heavy (non-hydrogen) atoms. The van der Waals surface area contributed by atoms with Crippen LogP contribution in [0.1, 0.15) is 19.4 Å². The van der Waals surface area contributed by atoms with Gasteiger partial charge in [0.2, 0.25) is 5.95 Å². The molecule has 1 fully saturated rings. The molecule has 10 heteroatoms. The van der Waals surface area contributed by atoms with Crippen LogP contribution in [0.15, 0.2) is 42.7 Å². The van der Waals surface area contributed by atoms with Gasteiger partial charge in [-0.25, -0.2) is 9.97 Å². The summed E-state index contributed by atoms with van der Waals surface area (Å²) in [5.74, 6) is 2.68. The predicted octanol–water partition coefficient (Wildman–Crippen LogP) is 3.55. The molecule has 0 unspecified atom stereocenters. The molecule has 5 rings (SSSR count). The van der Waals surface area contributed by atoms with Crippen LogP contribution in [0, 0.1) is 6.92 Å². The SMILES string of the molecule is Cc1cnc(Nc2ccc(N3CCN(C)CC3)nc2)nc1Nc1ccc2c(c1)N(C)C(=O)C(C)(C)O2. The lowest BCUT2D eigenvalue weighted by atomic mass is 10.0. The zero-order valence-electron chi connectivity index (χ0n) is 21.4. The second-order valence-corrected chi connectivity index (χ2v) is 9.83. The van der Waals surface area contributed by atoms with Crippen LogP contribution in [0.3, 0.4) is 0 Å². The number of hydrogen-bond donors (Lipinski definition) is 2. The minimum Gasteiger partial charge on any atom is -0.476 e. The van der Waals surface area contributed by atoms with Crippen LogP contribution in [0.4, 0.5) is 34.6 Å². The number of carbonyl (C=O) groups excluding carboxylic acids is 1. The first-order valence-electron chi connectivity index (χ1n) is 12.1. The van der Waals surface area contributed by atoms with Crippen LogP contribution in [0.25, 0.3) is 0 Å². The monoisotopic (exact) mass is 488 g/mol. The van der Waals surface area contributed by atoms with E-state index in [9.17, 15) is 4.79 Å². The van der Waals surface area contributed by atoms with Gasteiger partial charge in [0.15, 0.2) is 5.60 Å². The quantitative estimate of drug-likeness (QED) is 0.559. The van der Waals surface area contributed by atoms with Crippen molar-refractivity contribution in [2.45, 2.75) is 26.4 Å². The van der Waals surface area contributed by atoms with Gasteiger partial charge >= 0.3 is 0 Å². The van der Waals surface area contributed by atoms with E-state index in [1.54, 1.807) is 32.0 Å². The van der Waals surface area contributed by atoms with Crippen molar-refractivity contribution in [3.8, 4) is 5.75 Å². The van der Waals surface area contributed by atoms with Crippen LogP contribution < -0.4 is 25.2 Å². The Labute approximate surface area is 211 Å². The highest BCUT2D eigenvalue weighted by Gasteiger charge is 2.39. The number of amides is 1. The summed E-state index contributed by atoms with van der Waals surface area (Å²) in [5.41, 5.74) is 2.32. The summed E-state index contributed by atoms with van der Waals surface area (Å²) in [6.07, 6.45) is 3.57. The maximum atomic E-state index is 12.6. The molecular weight excluding hydrogens is 456 g/mol. The van der Waals surface area contributed by atoms with E-state index in [1.807, 2.05) is 43.5 Å². The van der Waals surface area contributed by atoms with Crippen LogP contribution in [0.5, 0.6) is 5.75 Å². The minimum absolute atomic E-state index is 0.0934. The summed E-state index contributed by atoms with van der Waals surface area (Å²) in [6.45, 7) is 9.52. The van der Waals surface area contributed by atoms with E-state index < -0.39 is 5.60 Å². The number of hydrogen-bond acceptors (Lipinski definition) is 9. The molecule has 4 heterocycles. The summed E-state index contributed by atoms with van der Waals surface area (Å²) in [5, 5.41) is 6.59. The Morgan fingerprint density at radius 1 is 0.944 bits per heavy atom. The fourth-order valence-corrected chi connectivity index (χ4v) is 4.35. The third-order valence-corrected chi connectivity index (χ3v) is 6.57. The van der Waals surface area contributed by atoms with Gasteiger partial charge in [0.1, 0.15) is 17.4 Å². The topological polar surface area (TPSA) is 98.8 Å². The Hall–Kier alpha value is -3.92. The lowest BCUT2D eigenvalue weighted by molar-refractivity contribution is -0.132. The zero-order chi connectivity index (χ0) is 25.4. The number of benzene rings is 1. The smallest absolute Gasteiger partial charge is 0.270 e. The number of rotatable bonds is 5. The molecule has 2 aromatic heterocycles. The second kappa shape index (κ2) is 9.27. The van der Waals surface area contributed by atoms with Gasteiger partial charge in [-0.1, -0.05) is 0 Å². The first kappa shape index (κ1) is 23.8.